The van der Waals surface area contributed by atoms with E-state index in [1.54, 1.807) is 33.2 Å². The molecule has 8 nitrogen and oxygen atoms in total. The first kappa shape index (κ1) is 24.5. The van der Waals surface area contributed by atoms with Gasteiger partial charge in [0.1, 0.15) is 11.5 Å². The molecule has 0 fully saturated rings. The van der Waals surface area contributed by atoms with Crippen molar-refractivity contribution in [1.29, 1.82) is 0 Å². The third kappa shape index (κ3) is 4.78. The van der Waals surface area contributed by atoms with Crippen LogP contribution >= 0.6 is 23.4 Å². The lowest BCUT2D eigenvalue weighted by atomic mass is 10.0. The fourth-order valence-corrected chi connectivity index (χ4v) is 4.52. The van der Waals surface area contributed by atoms with E-state index in [1.807, 2.05) is 19.2 Å². The number of thioether (sulfide) groups is 1. The van der Waals surface area contributed by atoms with E-state index in [4.69, 9.17) is 26.1 Å². The van der Waals surface area contributed by atoms with E-state index in [-0.39, 0.29) is 6.54 Å². The van der Waals surface area contributed by atoms with Gasteiger partial charge in [-0.15, -0.1) is 0 Å². The summed E-state index contributed by atoms with van der Waals surface area (Å²) in [6.07, 6.45) is 3.57. The maximum Gasteiger partial charge on any atom is 0.214 e. The lowest BCUT2D eigenvalue weighted by Gasteiger charge is -2.17. The van der Waals surface area contributed by atoms with Gasteiger partial charge in [-0.05, 0) is 33.1 Å². The van der Waals surface area contributed by atoms with Crippen molar-refractivity contribution in [3.05, 3.63) is 34.6 Å². The minimum absolute atomic E-state index is 0.0204. The molecule has 0 aliphatic carbocycles. The maximum absolute atomic E-state index is 12.4. The Labute approximate surface area is 197 Å². The molecule has 1 aromatic carbocycles. The normalized spacial score (nSPS) is 11.9. The summed E-state index contributed by atoms with van der Waals surface area (Å²) in [5.74, 6) is 1.04. The number of nitrogens with zero attached hydrogens (tertiary/aromatic N) is 3. The van der Waals surface area contributed by atoms with Crippen LogP contribution in [0.4, 0.5) is 0 Å². The molecule has 0 spiro atoms. The molecular weight excluding hydrogens is 472 g/mol. The molecule has 0 aliphatic heterocycles. The maximum atomic E-state index is 12.4. The number of hydrogen-bond acceptors (Lipinski definition) is 8. The first-order chi connectivity index (χ1) is 15.1. The van der Waals surface area contributed by atoms with Crippen LogP contribution in [0.15, 0.2) is 23.5 Å². The van der Waals surface area contributed by atoms with Crippen molar-refractivity contribution in [3.8, 4) is 22.8 Å². The zero-order valence-electron chi connectivity index (χ0n) is 18.7. The number of ether oxygens (including phenoxy) is 2. The van der Waals surface area contributed by atoms with Gasteiger partial charge in [0, 0.05) is 28.8 Å². The summed E-state index contributed by atoms with van der Waals surface area (Å²) < 4.78 is 38.2. The number of rotatable bonds is 8. The summed E-state index contributed by atoms with van der Waals surface area (Å²) >= 11 is 8.05. The van der Waals surface area contributed by atoms with Crippen LogP contribution in [0.1, 0.15) is 25.1 Å². The Morgan fingerprint density at radius 1 is 1.16 bits per heavy atom. The molecule has 11 heteroatoms. The zero-order valence-corrected chi connectivity index (χ0v) is 21.1. The van der Waals surface area contributed by atoms with Crippen LogP contribution < -0.4 is 14.2 Å². The standard InChI is InChI=1S/C21H25ClN4O4S2/c1-11(2)32(27,28)24-10-15-20-13(9-23-21(26-20)31-6)7-14(25-15)18-12(3)16(29-4)8-17(30-5)19(18)22/h7-9,11,24H,10H2,1-6H3. The number of halogens is 1. The number of sulfonamides is 1. The van der Waals surface area contributed by atoms with Crippen LogP contribution in [0.25, 0.3) is 22.2 Å². The Kier molecular flexibility index (Phi) is 7.49. The Hall–Kier alpha value is -2.14. The molecular formula is C21H25ClN4O4S2. The fraction of sp³-hybridized carbons (Fsp3) is 0.381. The molecule has 0 aliphatic rings. The molecule has 0 saturated heterocycles. The summed E-state index contributed by atoms with van der Waals surface area (Å²) in [6, 6.07) is 3.54. The van der Waals surface area contributed by atoms with E-state index in [9.17, 15) is 8.42 Å². The van der Waals surface area contributed by atoms with Gasteiger partial charge in [0.25, 0.3) is 0 Å². The van der Waals surface area contributed by atoms with Crippen molar-refractivity contribution in [1.82, 2.24) is 19.7 Å². The molecule has 0 unspecified atom stereocenters. The highest BCUT2D eigenvalue weighted by molar-refractivity contribution is 7.98. The van der Waals surface area contributed by atoms with Crippen molar-refractivity contribution in [2.75, 3.05) is 20.5 Å². The van der Waals surface area contributed by atoms with Gasteiger partial charge >= 0.3 is 0 Å². The van der Waals surface area contributed by atoms with Crippen molar-refractivity contribution >= 4 is 44.3 Å². The molecule has 2 aromatic heterocycles. The molecule has 3 rings (SSSR count). The monoisotopic (exact) mass is 496 g/mol. The highest BCUT2D eigenvalue weighted by Gasteiger charge is 2.22. The molecule has 1 N–H and O–H groups in total. The van der Waals surface area contributed by atoms with Gasteiger partial charge in [-0.2, -0.15) is 0 Å². The van der Waals surface area contributed by atoms with Crippen LogP contribution in [0.2, 0.25) is 5.02 Å². The van der Waals surface area contributed by atoms with Gasteiger partial charge in [-0.3, -0.25) is 0 Å². The third-order valence-corrected chi connectivity index (χ3v) is 7.72. The average Bonchev–Trinajstić information content (AvgIpc) is 2.77. The number of aromatic nitrogens is 3. The van der Waals surface area contributed by atoms with Gasteiger partial charge in [0.15, 0.2) is 5.16 Å². The highest BCUT2D eigenvalue weighted by atomic mass is 35.5. The summed E-state index contributed by atoms with van der Waals surface area (Å²) in [5, 5.41) is 1.08. The largest absolute Gasteiger partial charge is 0.496 e. The first-order valence-electron chi connectivity index (χ1n) is 9.73. The number of methoxy groups -OCH3 is 2. The van der Waals surface area contributed by atoms with Crippen LogP contribution in [0.5, 0.6) is 11.5 Å². The number of fused-ring (bicyclic) bond motifs is 1. The summed E-state index contributed by atoms with van der Waals surface area (Å²) in [5.41, 5.74) is 2.99. The van der Waals surface area contributed by atoms with E-state index in [0.29, 0.717) is 49.5 Å². The summed E-state index contributed by atoms with van der Waals surface area (Å²) in [4.78, 5) is 13.7. The predicted molar refractivity (Wildman–Crippen MR) is 128 cm³/mol. The van der Waals surface area contributed by atoms with E-state index in [1.165, 1.54) is 18.9 Å². The topological polar surface area (TPSA) is 103 Å². The quantitative estimate of drug-likeness (QED) is 0.365. The molecule has 0 bridgehead atoms. The van der Waals surface area contributed by atoms with Crippen molar-refractivity contribution in [2.45, 2.75) is 37.7 Å². The zero-order chi connectivity index (χ0) is 23.6. The number of nitrogens with one attached hydrogen (secondary N) is 1. The molecule has 3 aromatic rings. The second kappa shape index (κ2) is 9.78. The lowest BCUT2D eigenvalue weighted by molar-refractivity contribution is 0.393. The average molecular weight is 497 g/mol. The molecule has 0 saturated carbocycles. The van der Waals surface area contributed by atoms with E-state index >= 15 is 0 Å². The molecule has 0 radical (unpaired) electrons. The van der Waals surface area contributed by atoms with Gasteiger partial charge < -0.3 is 9.47 Å². The molecule has 0 atom stereocenters. The van der Waals surface area contributed by atoms with E-state index in [0.717, 1.165) is 5.56 Å². The lowest BCUT2D eigenvalue weighted by Crippen LogP contribution is -2.30. The summed E-state index contributed by atoms with van der Waals surface area (Å²) in [6.45, 7) is 5.08. The van der Waals surface area contributed by atoms with Gasteiger partial charge in [0.05, 0.1) is 47.9 Å². The Balaban J connectivity index is 2.26. The number of benzene rings is 1. The predicted octanol–water partition coefficient (Wildman–Crippen LogP) is 4.22. The minimum Gasteiger partial charge on any atom is -0.496 e. The highest BCUT2D eigenvalue weighted by Crippen LogP contribution is 2.42. The van der Waals surface area contributed by atoms with Crippen LogP contribution in [0.3, 0.4) is 0 Å². The number of hydrogen-bond donors (Lipinski definition) is 1. The molecule has 172 valence electrons. The Bertz CT molecular complexity index is 1240. The fourth-order valence-electron chi connectivity index (χ4n) is 3.14. The Morgan fingerprint density at radius 3 is 2.44 bits per heavy atom. The van der Waals surface area contributed by atoms with Gasteiger partial charge in [-0.25, -0.2) is 28.1 Å². The van der Waals surface area contributed by atoms with E-state index < -0.39 is 15.3 Å². The summed E-state index contributed by atoms with van der Waals surface area (Å²) in [7, 11) is -0.409. The van der Waals surface area contributed by atoms with Gasteiger partial charge in [0.2, 0.25) is 10.0 Å². The van der Waals surface area contributed by atoms with Crippen molar-refractivity contribution in [3.63, 3.8) is 0 Å². The minimum atomic E-state index is -3.50. The molecule has 32 heavy (non-hydrogen) atoms. The second-order valence-electron chi connectivity index (χ2n) is 7.26. The van der Waals surface area contributed by atoms with Crippen molar-refractivity contribution < 1.29 is 17.9 Å². The van der Waals surface area contributed by atoms with Crippen molar-refractivity contribution in [2.24, 2.45) is 0 Å². The van der Waals surface area contributed by atoms with Crippen LogP contribution in [-0.4, -0.2) is 49.1 Å². The first-order valence-corrected chi connectivity index (χ1v) is 12.9. The molecule has 0 amide bonds. The smallest absolute Gasteiger partial charge is 0.214 e. The second-order valence-corrected chi connectivity index (χ2v) is 10.7. The number of pyridine rings is 1. The molecule has 2 heterocycles. The SMILES string of the molecule is COc1cc(OC)c(Cl)c(-c2cc3cnc(SC)nc3c(CNS(=O)(=O)C(C)C)n2)c1C. The van der Waals surface area contributed by atoms with Crippen LogP contribution in [0, 0.1) is 6.92 Å². The Morgan fingerprint density at radius 2 is 1.84 bits per heavy atom. The van der Waals surface area contributed by atoms with Gasteiger partial charge in [-0.1, -0.05) is 23.4 Å². The van der Waals surface area contributed by atoms with Crippen LogP contribution in [-0.2, 0) is 16.6 Å². The van der Waals surface area contributed by atoms with E-state index in [2.05, 4.69) is 14.7 Å². The third-order valence-electron chi connectivity index (χ3n) is 5.00.